The molecule has 0 spiro atoms. The smallest absolute Gasteiger partial charge is 0.277 e. The normalized spacial score (nSPS) is 10.6. The fourth-order valence-corrected chi connectivity index (χ4v) is 3.51. The van der Waals surface area contributed by atoms with Gasteiger partial charge in [0.1, 0.15) is 5.75 Å². The Balaban J connectivity index is 1.94. The molecule has 1 amide bonds. The number of nitrogens with one attached hydrogen (secondary N) is 1. The van der Waals surface area contributed by atoms with Crippen molar-refractivity contribution in [1.82, 2.24) is 5.43 Å². The van der Waals surface area contributed by atoms with E-state index in [1.807, 2.05) is 31.2 Å². The Morgan fingerprint density at radius 3 is 2.54 bits per heavy atom. The lowest BCUT2D eigenvalue weighted by Crippen LogP contribution is -2.24. The molecule has 0 aliphatic heterocycles. The number of amides is 1. The van der Waals surface area contributed by atoms with Crippen LogP contribution in [-0.4, -0.2) is 32.4 Å². The van der Waals surface area contributed by atoms with Gasteiger partial charge in [0, 0.05) is 10.0 Å². The summed E-state index contributed by atoms with van der Waals surface area (Å²) in [5.41, 5.74) is 3.13. The molecule has 6 nitrogen and oxygen atoms in total. The summed E-state index contributed by atoms with van der Waals surface area (Å²) >= 11 is 6.81. The first-order valence-corrected chi connectivity index (χ1v) is 9.33. The molecule has 2 aromatic rings. The van der Waals surface area contributed by atoms with Crippen molar-refractivity contribution >= 4 is 44.0 Å². The Hall–Kier alpha value is -2.06. The monoisotopic (exact) mass is 484 g/mol. The average molecular weight is 486 g/mol. The van der Waals surface area contributed by atoms with Gasteiger partial charge in [0.15, 0.2) is 18.1 Å². The van der Waals surface area contributed by atoms with Crippen molar-refractivity contribution in [1.29, 1.82) is 0 Å². The molecule has 138 valence electrons. The number of halogens is 2. The van der Waals surface area contributed by atoms with Gasteiger partial charge in [-0.25, -0.2) is 5.43 Å². The van der Waals surface area contributed by atoms with Crippen molar-refractivity contribution in [3.8, 4) is 17.2 Å². The highest BCUT2D eigenvalue weighted by Gasteiger charge is 2.09. The van der Waals surface area contributed by atoms with E-state index in [1.165, 1.54) is 6.21 Å². The molecule has 8 heteroatoms. The van der Waals surface area contributed by atoms with Gasteiger partial charge in [-0.2, -0.15) is 5.10 Å². The van der Waals surface area contributed by atoms with E-state index < -0.39 is 0 Å². The number of carbonyl (C=O) groups excluding carboxylic acids is 1. The summed E-state index contributed by atoms with van der Waals surface area (Å²) in [5.74, 6) is 1.33. The minimum Gasteiger partial charge on any atom is -0.495 e. The molecule has 26 heavy (non-hydrogen) atoms. The van der Waals surface area contributed by atoms with Gasteiger partial charge in [-0.1, -0.05) is 28.1 Å². The van der Waals surface area contributed by atoms with Gasteiger partial charge in [-0.05, 0) is 47.1 Å². The van der Waals surface area contributed by atoms with Gasteiger partial charge in [0.05, 0.1) is 24.4 Å². The van der Waals surface area contributed by atoms with Crippen LogP contribution in [0.25, 0.3) is 0 Å². The van der Waals surface area contributed by atoms with Crippen LogP contribution in [0, 0.1) is 0 Å². The van der Waals surface area contributed by atoms with Crippen LogP contribution in [0.3, 0.4) is 0 Å². The number of hydrogen-bond acceptors (Lipinski definition) is 5. The third-order valence-electron chi connectivity index (χ3n) is 3.14. The second-order valence-electron chi connectivity index (χ2n) is 4.97. The van der Waals surface area contributed by atoms with Crippen LogP contribution < -0.4 is 19.6 Å². The Morgan fingerprint density at radius 2 is 1.88 bits per heavy atom. The number of hydrazone groups is 1. The Morgan fingerprint density at radius 1 is 1.19 bits per heavy atom. The quantitative estimate of drug-likeness (QED) is 0.450. The van der Waals surface area contributed by atoms with Crippen molar-refractivity contribution in [2.45, 2.75) is 6.92 Å². The molecule has 2 aromatic carbocycles. The molecule has 0 fully saturated rings. The summed E-state index contributed by atoms with van der Waals surface area (Å²) in [6.45, 7) is 2.22. The molecule has 0 heterocycles. The van der Waals surface area contributed by atoms with Crippen LogP contribution in [0.5, 0.6) is 17.2 Å². The standard InChI is InChI=1S/C18H18Br2N2O4/c1-3-25-15-6-4-5-7-16(15)26-11-17(23)22-21-10-12-8-13(19)9-14(20)18(12)24-2/h4-10H,3,11H2,1-2H3,(H,22,23)/b21-10+. The van der Waals surface area contributed by atoms with E-state index in [9.17, 15) is 4.79 Å². The van der Waals surface area contributed by atoms with Crippen molar-refractivity contribution < 1.29 is 19.0 Å². The summed E-state index contributed by atoms with van der Waals surface area (Å²) in [5, 5.41) is 3.95. The zero-order chi connectivity index (χ0) is 18.9. The molecule has 0 atom stereocenters. The number of carbonyl (C=O) groups is 1. The van der Waals surface area contributed by atoms with Crippen LogP contribution in [-0.2, 0) is 4.79 Å². The summed E-state index contributed by atoms with van der Waals surface area (Å²) in [4.78, 5) is 11.9. The fraction of sp³-hybridized carbons (Fsp3) is 0.222. The van der Waals surface area contributed by atoms with Gasteiger partial charge >= 0.3 is 0 Å². The lowest BCUT2D eigenvalue weighted by molar-refractivity contribution is -0.123. The molecule has 0 saturated heterocycles. The van der Waals surface area contributed by atoms with Crippen molar-refractivity contribution in [2.24, 2.45) is 5.10 Å². The average Bonchev–Trinajstić information content (AvgIpc) is 2.61. The third kappa shape index (κ3) is 5.74. The predicted molar refractivity (Wildman–Crippen MR) is 107 cm³/mol. The summed E-state index contributed by atoms with van der Waals surface area (Å²) in [7, 11) is 1.56. The molecular formula is C18H18Br2N2O4. The second kappa shape index (κ2) is 10.2. The minimum absolute atomic E-state index is 0.180. The van der Waals surface area contributed by atoms with E-state index in [0.29, 0.717) is 29.4 Å². The molecule has 0 unspecified atom stereocenters. The Bertz CT molecular complexity index is 797. The maximum absolute atomic E-state index is 11.9. The summed E-state index contributed by atoms with van der Waals surface area (Å²) in [6.07, 6.45) is 1.50. The molecule has 0 radical (unpaired) electrons. The molecule has 2 rings (SSSR count). The van der Waals surface area contributed by atoms with Gasteiger partial charge in [-0.15, -0.1) is 0 Å². The van der Waals surface area contributed by atoms with Crippen molar-refractivity contribution in [3.05, 3.63) is 50.9 Å². The topological polar surface area (TPSA) is 69.2 Å². The number of methoxy groups -OCH3 is 1. The number of ether oxygens (including phenoxy) is 3. The number of nitrogens with zero attached hydrogens (tertiary/aromatic N) is 1. The van der Waals surface area contributed by atoms with Gasteiger partial charge in [0.25, 0.3) is 5.91 Å². The summed E-state index contributed by atoms with van der Waals surface area (Å²) in [6, 6.07) is 10.9. The minimum atomic E-state index is -0.388. The zero-order valence-corrected chi connectivity index (χ0v) is 17.5. The van der Waals surface area contributed by atoms with Crippen LogP contribution in [0.1, 0.15) is 12.5 Å². The highest BCUT2D eigenvalue weighted by molar-refractivity contribution is 9.11. The first-order chi connectivity index (χ1) is 12.5. The highest BCUT2D eigenvalue weighted by Crippen LogP contribution is 2.31. The van der Waals surface area contributed by atoms with E-state index in [4.69, 9.17) is 14.2 Å². The fourth-order valence-electron chi connectivity index (χ4n) is 2.09. The Kier molecular flexibility index (Phi) is 7.93. The van der Waals surface area contributed by atoms with Crippen molar-refractivity contribution in [3.63, 3.8) is 0 Å². The van der Waals surface area contributed by atoms with E-state index in [1.54, 1.807) is 19.2 Å². The largest absolute Gasteiger partial charge is 0.495 e. The molecule has 1 N–H and O–H groups in total. The van der Waals surface area contributed by atoms with Crippen molar-refractivity contribution in [2.75, 3.05) is 20.3 Å². The molecule has 0 aliphatic carbocycles. The van der Waals surface area contributed by atoms with E-state index >= 15 is 0 Å². The van der Waals surface area contributed by atoms with E-state index in [0.717, 1.165) is 8.95 Å². The molecule has 0 aliphatic rings. The van der Waals surface area contributed by atoms with Gasteiger partial charge in [-0.3, -0.25) is 4.79 Å². The first kappa shape index (κ1) is 20.3. The second-order valence-corrected chi connectivity index (χ2v) is 6.74. The molecule has 0 aromatic heterocycles. The maximum Gasteiger partial charge on any atom is 0.277 e. The number of hydrogen-bond donors (Lipinski definition) is 1. The van der Waals surface area contributed by atoms with Crippen LogP contribution >= 0.6 is 31.9 Å². The van der Waals surface area contributed by atoms with Gasteiger partial charge in [0.2, 0.25) is 0 Å². The SMILES string of the molecule is CCOc1ccccc1OCC(=O)N/N=C/c1cc(Br)cc(Br)c1OC. The van der Waals surface area contributed by atoms with Crippen LogP contribution in [0.2, 0.25) is 0 Å². The lowest BCUT2D eigenvalue weighted by Gasteiger charge is -2.10. The van der Waals surface area contributed by atoms with E-state index in [2.05, 4.69) is 42.4 Å². The Labute approximate surface area is 168 Å². The number of rotatable bonds is 8. The zero-order valence-electron chi connectivity index (χ0n) is 14.3. The predicted octanol–water partition coefficient (Wildman–Crippen LogP) is 4.15. The first-order valence-electron chi connectivity index (χ1n) is 7.74. The summed E-state index contributed by atoms with van der Waals surface area (Å²) < 4.78 is 17.9. The number of para-hydroxylation sites is 2. The van der Waals surface area contributed by atoms with Gasteiger partial charge < -0.3 is 14.2 Å². The molecule has 0 saturated carbocycles. The molecular weight excluding hydrogens is 468 g/mol. The maximum atomic E-state index is 11.9. The number of benzene rings is 2. The van der Waals surface area contributed by atoms with E-state index in [-0.39, 0.29) is 12.5 Å². The van der Waals surface area contributed by atoms with Crippen LogP contribution in [0.4, 0.5) is 0 Å². The van der Waals surface area contributed by atoms with Crippen LogP contribution in [0.15, 0.2) is 50.4 Å². The molecule has 0 bridgehead atoms. The third-order valence-corrected chi connectivity index (χ3v) is 4.19. The lowest BCUT2D eigenvalue weighted by atomic mass is 10.2. The highest BCUT2D eigenvalue weighted by atomic mass is 79.9.